The van der Waals surface area contributed by atoms with Gasteiger partial charge in [0, 0.05) is 36.4 Å². The Morgan fingerprint density at radius 1 is 1.38 bits per heavy atom. The maximum absolute atomic E-state index is 11.1. The van der Waals surface area contributed by atoms with E-state index in [1.807, 2.05) is 41.3 Å². The number of hydrogen-bond acceptors (Lipinski definition) is 5. The van der Waals surface area contributed by atoms with E-state index in [4.69, 9.17) is 0 Å². The lowest BCUT2D eigenvalue weighted by atomic mass is 10.2. The average Bonchev–Trinajstić information content (AvgIpc) is 3.14. The summed E-state index contributed by atoms with van der Waals surface area (Å²) in [6, 6.07) is 7.75. The first-order valence-corrected chi connectivity index (χ1v) is 8.92. The number of anilines is 2. The Kier molecular flexibility index (Phi) is 5.27. The number of amides is 1. The minimum atomic E-state index is -0.0741. The predicted octanol–water partition coefficient (Wildman–Crippen LogP) is 3.72. The lowest BCUT2D eigenvalue weighted by molar-refractivity contribution is -0.114. The van der Waals surface area contributed by atoms with Gasteiger partial charge in [-0.3, -0.25) is 9.48 Å². The summed E-state index contributed by atoms with van der Waals surface area (Å²) in [6.07, 6.45) is 5.55. The van der Waals surface area contributed by atoms with E-state index in [2.05, 4.69) is 36.6 Å². The second-order valence-corrected chi connectivity index (χ2v) is 7.25. The first kappa shape index (κ1) is 16.7. The molecule has 0 bridgehead atoms. The molecular formula is C16H16BrN5OS. The van der Waals surface area contributed by atoms with E-state index in [-0.39, 0.29) is 5.91 Å². The summed E-state index contributed by atoms with van der Waals surface area (Å²) < 4.78 is 2.82. The van der Waals surface area contributed by atoms with Gasteiger partial charge in [0.2, 0.25) is 5.91 Å². The molecule has 0 saturated heterocycles. The molecule has 8 heteroatoms. The molecule has 2 heterocycles. The van der Waals surface area contributed by atoms with Crippen LogP contribution in [-0.2, 0) is 17.9 Å². The number of benzene rings is 1. The number of nitrogens with one attached hydrogen (secondary N) is 2. The van der Waals surface area contributed by atoms with Gasteiger partial charge < -0.3 is 10.6 Å². The van der Waals surface area contributed by atoms with E-state index in [0.717, 1.165) is 25.7 Å². The van der Waals surface area contributed by atoms with Gasteiger partial charge in [-0.15, -0.1) is 11.3 Å². The zero-order valence-electron chi connectivity index (χ0n) is 13.0. The summed E-state index contributed by atoms with van der Waals surface area (Å²) in [4.78, 5) is 16.6. The molecule has 3 rings (SSSR count). The van der Waals surface area contributed by atoms with Gasteiger partial charge in [-0.05, 0) is 33.6 Å². The second kappa shape index (κ2) is 7.59. The van der Waals surface area contributed by atoms with Gasteiger partial charge in [-0.1, -0.05) is 12.1 Å². The number of carbonyl (C=O) groups excluding carboxylic acids is 1. The van der Waals surface area contributed by atoms with Crippen LogP contribution in [0.15, 0.2) is 47.3 Å². The molecule has 0 aliphatic carbocycles. The highest BCUT2D eigenvalue weighted by molar-refractivity contribution is 9.10. The van der Waals surface area contributed by atoms with E-state index in [1.165, 1.54) is 6.92 Å². The fraction of sp³-hybridized carbons (Fsp3) is 0.188. The Morgan fingerprint density at radius 3 is 3.00 bits per heavy atom. The van der Waals surface area contributed by atoms with E-state index in [1.54, 1.807) is 17.5 Å². The summed E-state index contributed by atoms with van der Waals surface area (Å²) >= 11 is 4.99. The Morgan fingerprint density at radius 2 is 2.25 bits per heavy atom. The quantitative estimate of drug-likeness (QED) is 0.655. The highest BCUT2D eigenvalue weighted by Crippen LogP contribution is 2.21. The van der Waals surface area contributed by atoms with Gasteiger partial charge in [0.05, 0.1) is 17.2 Å². The summed E-state index contributed by atoms with van der Waals surface area (Å²) in [7, 11) is 0. The fourth-order valence-corrected chi connectivity index (χ4v) is 3.32. The van der Waals surface area contributed by atoms with Gasteiger partial charge in [0.25, 0.3) is 0 Å². The maximum atomic E-state index is 11.1. The lowest BCUT2D eigenvalue weighted by Crippen LogP contribution is -2.06. The van der Waals surface area contributed by atoms with E-state index in [0.29, 0.717) is 13.1 Å². The highest BCUT2D eigenvalue weighted by atomic mass is 79.9. The highest BCUT2D eigenvalue weighted by Gasteiger charge is 2.04. The van der Waals surface area contributed by atoms with Crippen LogP contribution in [-0.4, -0.2) is 20.7 Å². The monoisotopic (exact) mass is 405 g/mol. The number of carbonyl (C=O) groups is 1. The Balaban J connectivity index is 1.58. The van der Waals surface area contributed by atoms with Crippen LogP contribution in [0.1, 0.15) is 17.4 Å². The Hall–Kier alpha value is -2.19. The smallest absolute Gasteiger partial charge is 0.221 e. The summed E-state index contributed by atoms with van der Waals surface area (Å²) in [5, 5.41) is 11.2. The van der Waals surface area contributed by atoms with Crippen molar-refractivity contribution < 1.29 is 4.79 Å². The fourth-order valence-electron chi connectivity index (χ4n) is 2.19. The third kappa shape index (κ3) is 4.65. The van der Waals surface area contributed by atoms with Crippen molar-refractivity contribution in [3.05, 3.63) is 57.8 Å². The van der Waals surface area contributed by atoms with Crippen LogP contribution in [0, 0.1) is 0 Å². The molecular weight excluding hydrogens is 390 g/mol. The maximum Gasteiger partial charge on any atom is 0.221 e. The number of hydrogen-bond donors (Lipinski definition) is 2. The zero-order chi connectivity index (χ0) is 16.9. The number of aromatic nitrogens is 3. The minimum Gasteiger partial charge on any atom is -0.357 e. The molecule has 2 N–H and O–H groups in total. The van der Waals surface area contributed by atoms with Crippen molar-refractivity contribution in [1.29, 1.82) is 0 Å². The molecule has 0 fully saturated rings. The third-order valence-corrected chi connectivity index (χ3v) is 4.51. The molecule has 0 unspecified atom stereocenters. The SMILES string of the molecule is CC(=O)Nc1cccc(CNc2ncc(Cn3cc(Br)cn3)s2)c1. The first-order valence-electron chi connectivity index (χ1n) is 7.31. The first-order chi connectivity index (χ1) is 11.6. The number of rotatable bonds is 6. The Labute approximate surface area is 152 Å². The molecule has 0 aliphatic rings. The molecule has 0 atom stereocenters. The molecule has 0 spiro atoms. The van der Waals surface area contributed by atoms with Gasteiger partial charge >= 0.3 is 0 Å². The largest absolute Gasteiger partial charge is 0.357 e. The second-order valence-electron chi connectivity index (χ2n) is 5.22. The van der Waals surface area contributed by atoms with Gasteiger partial charge in [0.15, 0.2) is 5.13 Å². The molecule has 2 aromatic heterocycles. The summed E-state index contributed by atoms with van der Waals surface area (Å²) in [5.74, 6) is -0.0741. The van der Waals surface area contributed by atoms with Crippen LogP contribution in [0.3, 0.4) is 0 Å². The minimum absolute atomic E-state index is 0.0741. The van der Waals surface area contributed by atoms with Crippen LogP contribution >= 0.6 is 27.3 Å². The number of halogens is 1. The predicted molar refractivity (Wildman–Crippen MR) is 99.2 cm³/mol. The van der Waals surface area contributed by atoms with Crippen LogP contribution < -0.4 is 10.6 Å². The van der Waals surface area contributed by atoms with Crippen molar-refractivity contribution in [2.24, 2.45) is 0 Å². The van der Waals surface area contributed by atoms with Crippen LogP contribution in [0.25, 0.3) is 0 Å². The van der Waals surface area contributed by atoms with Crippen molar-refractivity contribution in [2.75, 3.05) is 10.6 Å². The molecule has 0 radical (unpaired) electrons. The molecule has 0 aliphatic heterocycles. The molecule has 0 saturated carbocycles. The van der Waals surface area contributed by atoms with E-state index in [9.17, 15) is 4.79 Å². The van der Waals surface area contributed by atoms with Crippen molar-refractivity contribution in [1.82, 2.24) is 14.8 Å². The van der Waals surface area contributed by atoms with Crippen LogP contribution in [0.2, 0.25) is 0 Å². The van der Waals surface area contributed by atoms with Crippen molar-refractivity contribution in [3.8, 4) is 0 Å². The molecule has 1 amide bonds. The summed E-state index contributed by atoms with van der Waals surface area (Å²) in [5.41, 5.74) is 1.87. The third-order valence-electron chi connectivity index (χ3n) is 3.16. The van der Waals surface area contributed by atoms with Crippen molar-refractivity contribution in [3.63, 3.8) is 0 Å². The Bertz CT molecular complexity index is 844. The number of nitrogens with zero attached hydrogens (tertiary/aromatic N) is 3. The van der Waals surface area contributed by atoms with Gasteiger partial charge in [-0.25, -0.2) is 4.98 Å². The topological polar surface area (TPSA) is 71.8 Å². The molecule has 6 nitrogen and oxygen atoms in total. The zero-order valence-corrected chi connectivity index (χ0v) is 15.4. The van der Waals surface area contributed by atoms with E-state index < -0.39 is 0 Å². The number of thiazole rings is 1. The molecule has 3 aromatic rings. The van der Waals surface area contributed by atoms with Crippen molar-refractivity contribution in [2.45, 2.75) is 20.0 Å². The van der Waals surface area contributed by atoms with Gasteiger partial charge in [-0.2, -0.15) is 5.10 Å². The van der Waals surface area contributed by atoms with E-state index >= 15 is 0 Å². The average molecular weight is 406 g/mol. The standard InChI is InChI=1S/C16H16BrN5OS/c1-11(23)21-14-4-2-3-12(5-14)6-18-16-19-8-15(24-16)10-22-9-13(17)7-20-22/h2-5,7-9H,6,10H2,1H3,(H,18,19)(H,21,23). The molecule has 24 heavy (non-hydrogen) atoms. The molecule has 1 aromatic carbocycles. The molecule has 124 valence electrons. The lowest BCUT2D eigenvalue weighted by Gasteiger charge is -2.06. The van der Waals surface area contributed by atoms with Gasteiger partial charge in [0.1, 0.15) is 0 Å². The van der Waals surface area contributed by atoms with Crippen LogP contribution in [0.5, 0.6) is 0 Å². The summed E-state index contributed by atoms with van der Waals surface area (Å²) in [6.45, 7) is 2.84. The van der Waals surface area contributed by atoms with Crippen LogP contribution in [0.4, 0.5) is 10.8 Å². The van der Waals surface area contributed by atoms with Crippen molar-refractivity contribution >= 4 is 44.0 Å². The normalized spacial score (nSPS) is 10.6.